The number of carbonyl (C=O) groups excluding carboxylic acids is 1. The molecule has 0 fully saturated rings. The minimum absolute atomic E-state index is 0.157. The SMILES string of the molecule is CN(NC(=O)COc1ccccc1C#N)c1ccccc1. The highest BCUT2D eigenvalue weighted by Crippen LogP contribution is 2.16. The average molecular weight is 281 g/mol. The molecule has 0 aliphatic carbocycles. The summed E-state index contributed by atoms with van der Waals surface area (Å²) in [5.41, 5.74) is 3.96. The molecule has 0 aliphatic heterocycles. The summed E-state index contributed by atoms with van der Waals surface area (Å²) in [4.78, 5) is 11.8. The van der Waals surface area contributed by atoms with Crippen LogP contribution in [0.15, 0.2) is 54.6 Å². The number of nitrogens with zero attached hydrogens (tertiary/aromatic N) is 2. The first kappa shape index (κ1) is 14.4. The summed E-state index contributed by atoms with van der Waals surface area (Å²) in [6.45, 7) is -0.157. The van der Waals surface area contributed by atoms with Crippen molar-refractivity contribution in [1.29, 1.82) is 5.26 Å². The highest BCUT2D eigenvalue weighted by Gasteiger charge is 2.08. The van der Waals surface area contributed by atoms with Gasteiger partial charge >= 0.3 is 0 Å². The lowest BCUT2D eigenvalue weighted by molar-refractivity contribution is -0.123. The molecule has 0 saturated heterocycles. The van der Waals surface area contributed by atoms with E-state index in [1.165, 1.54) is 0 Å². The van der Waals surface area contributed by atoms with E-state index < -0.39 is 0 Å². The number of hydrogen-bond donors (Lipinski definition) is 1. The first-order valence-electron chi connectivity index (χ1n) is 6.41. The third kappa shape index (κ3) is 3.98. The monoisotopic (exact) mass is 281 g/mol. The second kappa shape index (κ2) is 6.96. The van der Waals surface area contributed by atoms with Gasteiger partial charge in [0.2, 0.25) is 0 Å². The van der Waals surface area contributed by atoms with E-state index in [4.69, 9.17) is 10.00 Å². The predicted octanol–water partition coefficient (Wildman–Crippen LogP) is 2.10. The lowest BCUT2D eigenvalue weighted by Crippen LogP contribution is -2.41. The zero-order valence-electron chi connectivity index (χ0n) is 11.6. The molecule has 0 aliphatic rings. The second-order valence-corrected chi connectivity index (χ2v) is 4.33. The summed E-state index contributed by atoms with van der Waals surface area (Å²) >= 11 is 0. The van der Waals surface area contributed by atoms with Crippen LogP contribution in [0.4, 0.5) is 5.69 Å². The van der Waals surface area contributed by atoms with E-state index >= 15 is 0 Å². The van der Waals surface area contributed by atoms with Crippen LogP contribution in [0.1, 0.15) is 5.56 Å². The molecule has 1 N–H and O–H groups in total. The number of para-hydroxylation sites is 2. The number of nitrogens with one attached hydrogen (secondary N) is 1. The van der Waals surface area contributed by atoms with Gasteiger partial charge in [0.05, 0.1) is 11.3 Å². The van der Waals surface area contributed by atoms with Gasteiger partial charge in [-0.1, -0.05) is 30.3 Å². The number of hydrogen-bond acceptors (Lipinski definition) is 4. The fraction of sp³-hybridized carbons (Fsp3) is 0.125. The maximum absolute atomic E-state index is 11.8. The topological polar surface area (TPSA) is 65.4 Å². The number of hydrazine groups is 1. The molecule has 0 spiro atoms. The molecule has 1 amide bonds. The molecule has 2 aromatic carbocycles. The first-order chi connectivity index (χ1) is 10.2. The van der Waals surface area contributed by atoms with Crippen molar-refractivity contribution < 1.29 is 9.53 Å². The Morgan fingerprint density at radius 1 is 1.19 bits per heavy atom. The van der Waals surface area contributed by atoms with Crippen LogP contribution >= 0.6 is 0 Å². The van der Waals surface area contributed by atoms with Crippen molar-refractivity contribution in [3.8, 4) is 11.8 Å². The van der Waals surface area contributed by atoms with Crippen molar-refractivity contribution in [3.05, 3.63) is 60.2 Å². The third-order valence-electron chi connectivity index (χ3n) is 2.80. The normalized spacial score (nSPS) is 9.52. The van der Waals surface area contributed by atoms with Crippen molar-refractivity contribution >= 4 is 11.6 Å². The molecular weight excluding hydrogens is 266 g/mol. The van der Waals surface area contributed by atoms with Crippen molar-refractivity contribution in [1.82, 2.24) is 5.43 Å². The Bertz CT molecular complexity index is 650. The zero-order valence-corrected chi connectivity index (χ0v) is 11.6. The molecule has 0 unspecified atom stereocenters. The van der Waals surface area contributed by atoms with E-state index in [9.17, 15) is 4.79 Å². The summed E-state index contributed by atoms with van der Waals surface area (Å²) in [6.07, 6.45) is 0. The Hall–Kier alpha value is -3.00. The summed E-state index contributed by atoms with van der Waals surface area (Å²) in [5.74, 6) is 0.103. The summed E-state index contributed by atoms with van der Waals surface area (Å²) in [5, 5.41) is 10.6. The molecule has 0 radical (unpaired) electrons. The van der Waals surface area contributed by atoms with Crippen LogP contribution in [-0.2, 0) is 4.79 Å². The Morgan fingerprint density at radius 2 is 1.86 bits per heavy atom. The Morgan fingerprint density at radius 3 is 2.57 bits per heavy atom. The van der Waals surface area contributed by atoms with Crippen molar-refractivity contribution in [2.45, 2.75) is 0 Å². The first-order valence-corrected chi connectivity index (χ1v) is 6.41. The Labute approximate surface area is 123 Å². The second-order valence-electron chi connectivity index (χ2n) is 4.33. The summed E-state index contributed by atoms with van der Waals surface area (Å²) in [7, 11) is 1.75. The van der Waals surface area contributed by atoms with Gasteiger partial charge in [-0.05, 0) is 24.3 Å². The third-order valence-corrected chi connectivity index (χ3v) is 2.80. The van der Waals surface area contributed by atoms with Crippen LogP contribution in [0, 0.1) is 11.3 Å². The maximum Gasteiger partial charge on any atom is 0.276 e. The predicted molar refractivity (Wildman–Crippen MR) is 79.6 cm³/mol. The van der Waals surface area contributed by atoms with Gasteiger partial charge in [-0.15, -0.1) is 0 Å². The molecule has 21 heavy (non-hydrogen) atoms. The number of amides is 1. The number of nitriles is 1. The van der Waals surface area contributed by atoms with Crippen LogP contribution < -0.4 is 15.2 Å². The van der Waals surface area contributed by atoms with E-state index in [1.807, 2.05) is 36.4 Å². The highest BCUT2D eigenvalue weighted by molar-refractivity contribution is 5.79. The molecule has 2 aromatic rings. The molecule has 2 rings (SSSR count). The van der Waals surface area contributed by atoms with Gasteiger partial charge in [0.1, 0.15) is 11.8 Å². The lowest BCUT2D eigenvalue weighted by atomic mass is 10.2. The maximum atomic E-state index is 11.8. The lowest BCUT2D eigenvalue weighted by Gasteiger charge is -2.20. The number of rotatable bonds is 5. The van der Waals surface area contributed by atoms with Crippen molar-refractivity contribution in [3.63, 3.8) is 0 Å². The molecule has 0 saturated carbocycles. The van der Waals surface area contributed by atoms with Crippen LogP contribution in [0.3, 0.4) is 0 Å². The number of benzene rings is 2. The van der Waals surface area contributed by atoms with Crippen LogP contribution in [0.2, 0.25) is 0 Å². The molecule has 0 aromatic heterocycles. The largest absolute Gasteiger partial charge is 0.482 e. The molecule has 5 nitrogen and oxygen atoms in total. The number of ether oxygens (including phenoxy) is 1. The molecule has 0 atom stereocenters. The van der Waals surface area contributed by atoms with Gasteiger partial charge in [-0.25, -0.2) is 0 Å². The Kier molecular flexibility index (Phi) is 4.78. The fourth-order valence-electron chi connectivity index (χ4n) is 1.76. The molecule has 0 heterocycles. The van der Waals surface area contributed by atoms with Gasteiger partial charge in [0.25, 0.3) is 5.91 Å². The standard InChI is InChI=1S/C16H15N3O2/c1-19(14-8-3-2-4-9-14)18-16(20)12-21-15-10-6-5-7-13(15)11-17/h2-10H,12H2,1H3,(H,18,20). The average Bonchev–Trinajstić information content (AvgIpc) is 2.54. The molecule has 106 valence electrons. The molecule has 5 heteroatoms. The molecule has 0 bridgehead atoms. The van der Waals surface area contributed by atoms with E-state index in [2.05, 4.69) is 5.43 Å². The Balaban J connectivity index is 1.89. The van der Waals surface area contributed by atoms with Gasteiger partial charge in [-0.2, -0.15) is 5.26 Å². The van der Waals surface area contributed by atoms with E-state index in [0.29, 0.717) is 11.3 Å². The quantitative estimate of drug-likeness (QED) is 0.852. The minimum Gasteiger partial charge on any atom is -0.482 e. The van der Waals surface area contributed by atoms with Crippen LogP contribution in [0.25, 0.3) is 0 Å². The smallest absolute Gasteiger partial charge is 0.276 e. The van der Waals surface area contributed by atoms with E-state index in [1.54, 1.807) is 36.3 Å². The number of anilines is 1. The number of carbonyl (C=O) groups is 1. The summed E-state index contributed by atoms with van der Waals surface area (Å²) in [6, 6.07) is 18.3. The van der Waals surface area contributed by atoms with Crippen molar-refractivity contribution in [2.75, 3.05) is 18.7 Å². The van der Waals surface area contributed by atoms with Crippen LogP contribution in [0.5, 0.6) is 5.75 Å². The zero-order chi connectivity index (χ0) is 15.1. The van der Waals surface area contributed by atoms with E-state index in [0.717, 1.165) is 5.69 Å². The highest BCUT2D eigenvalue weighted by atomic mass is 16.5. The fourth-order valence-corrected chi connectivity index (χ4v) is 1.76. The van der Waals surface area contributed by atoms with Gasteiger partial charge < -0.3 is 4.74 Å². The van der Waals surface area contributed by atoms with Gasteiger partial charge in [0, 0.05) is 7.05 Å². The van der Waals surface area contributed by atoms with Crippen LogP contribution in [-0.4, -0.2) is 19.6 Å². The van der Waals surface area contributed by atoms with Gasteiger partial charge in [-0.3, -0.25) is 15.2 Å². The van der Waals surface area contributed by atoms with E-state index in [-0.39, 0.29) is 12.5 Å². The molecular formula is C16H15N3O2. The van der Waals surface area contributed by atoms with Crippen molar-refractivity contribution in [2.24, 2.45) is 0 Å². The minimum atomic E-state index is -0.297. The van der Waals surface area contributed by atoms with Gasteiger partial charge in [0.15, 0.2) is 6.61 Å². The summed E-state index contributed by atoms with van der Waals surface area (Å²) < 4.78 is 5.37.